The molecule has 0 radical (unpaired) electrons. The fourth-order valence-corrected chi connectivity index (χ4v) is 7.21. The minimum absolute atomic E-state index is 0.116. The Morgan fingerprint density at radius 1 is 0.569 bits per heavy atom. The molecular weight excluding hydrogens is 792 g/mol. The van der Waals surface area contributed by atoms with Gasteiger partial charge in [0.15, 0.2) is 11.6 Å². The lowest BCUT2D eigenvalue weighted by molar-refractivity contribution is 0.102. The quantitative estimate of drug-likeness (QED) is 0.121. The fraction of sp³-hybridized carbons (Fsp3) is 0.125. The average Bonchev–Trinajstić information content (AvgIpc) is 3.22. The number of hydrogen-bond acceptors (Lipinski definition) is 6. The van der Waals surface area contributed by atoms with Gasteiger partial charge in [0, 0.05) is 46.1 Å². The molecule has 0 saturated carbocycles. The van der Waals surface area contributed by atoms with E-state index in [-0.39, 0.29) is 39.1 Å². The van der Waals surface area contributed by atoms with Crippen LogP contribution >= 0.6 is 15.9 Å². The van der Waals surface area contributed by atoms with Crippen LogP contribution in [0.15, 0.2) is 153 Å². The van der Waals surface area contributed by atoms with Gasteiger partial charge in [0.1, 0.15) is 4.60 Å². The van der Waals surface area contributed by atoms with Gasteiger partial charge in [-0.2, -0.15) is 0 Å². The minimum Gasteiger partial charge on any atom is -0.341 e. The molecule has 10 heteroatoms. The first-order valence-corrected chi connectivity index (χ1v) is 19.4. The number of aromatic nitrogens is 4. The van der Waals surface area contributed by atoms with Crippen LogP contribution < -0.4 is 16.4 Å². The Morgan fingerprint density at radius 2 is 1.07 bits per heavy atom. The molecule has 0 aliphatic carbocycles. The number of pyridine rings is 4. The highest BCUT2D eigenvalue weighted by molar-refractivity contribution is 9.10. The van der Waals surface area contributed by atoms with E-state index in [0.29, 0.717) is 46.2 Å². The predicted octanol–water partition coefficient (Wildman–Crippen LogP) is 8.64. The summed E-state index contributed by atoms with van der Waals surface area (Å²) in [6, 6.07) is 36.1. The smallest absolute Gasteiger partial charge is 0.248 e. The summed E-state index contributed by atoms with van der Waals surface area (Å²) in [5, 5.41) is 0.998. The third-order valence-electron chi connectivity index (χ3n) is 10.3. The SMILES string of the molecule is Cc1ccc(C(=O)c2cn(Cc3cccc(=O)[nH]3)c3ccccc3c2=O)cc1C.Cc1ccc(C(=O)c2cn(Cc3cccc(Br)n3)c3ccccc3c2=O)cc1C. The number of ketones is 2. The number of rotatable bonds is 8. The molecule has 9 nitrogen and oxygen atoms in total. The van der Waals surface area contributed by atoms with Crippen molar-refractivity contribution in [3.8, 4) is 0 Å². The van der Waals surface area contributed by atoms with Crippen LogP contribution in [0.25, 0.3) is 21.8 Å². The molecule has 0 aliphatic heterocycles. The van der Waals surface area contributed by atoms with Crippen molar-refractivity contribution in [2.75, 3.05) is 0 Å². The van der Waals surface area contributed by atoms with E-state index in [0.717, 1.165) is 38.1 Å². The standard InChI is InChI=1S/C24H19BrN2O2.C24H20N2O3/c1-15-10-11-17(12-16(15)2)23(28)20-14-27(13-18-6-5-9-22(25)26-18)21-8-4-3-7-19(21)24(20)29;1-15-10-11-17(12-16(15)2)23(28)20-14-26(13-18-6-5-9-22(27)25-18)21-8-4-3-7-19(21)24(20)29/h3-12,14H,13H2,1-2H3;3-12,14H,13H2,1-2H3,(H,25,27). The van der Waals surface area contributed by atoms with Crippen molar-refractivity contribution in [2.24, 2.45) is 0 Å². The summed E-state index contributed by atoms with van der Waals surface area (Å²) < 4.78 is 4.49. The maximum Gasteiger partial charge on any atom is 0.248 e. The third-order valence-corrected chi connectivity index (χ3v) is 10.7. The first kappa shape index (κ1) is 39.5. The topological polar surface area (TPSA) is 124 Å². The summed E-state index contributed by atoms with van der Waals surface area (Å²) in [4.78, 5) is 71.4. The van der Waals surface area contributed by atoms with Crippen LogP contribution in [0.3, 0.4) is 0 Å². The summed E-state index contributed by atoms with van der Waals surface area (Å²) in [6.07, 6.45) is 3.25. The second kappa shape index (κ2) is 16.8. The first-order valence-electron chi connectivity index (χ1n) is 18.7. The van der Waals surface area contributed by atoms with Crippen molar-refractivity contribution in [1.29, 1.82) is 0 Å². The molecule has 0 amide bonds. The Balaban J connectivity index is 0.000000177. The Kier molecular flexibility index (Phi) is 11.4. The summed E-state index contributed by atoms with van der Waals surface area (Å²) >= 11 is 3.39. The van der Waals surface area contributed by atoms with E-state index in [1.165, 1.54) is 6.07 Å². The lowest BCUT2D eigenvalue weighted by Crippen LogP contribution is -2.21. The molecule has 0 spiro atoms. The molecule has 0 atom stereocenters. The summed E-state index contributed by atoms with van der Waals surface area (Å²) in [5.41, 5.74) is 7.78. The van der Waals surface area contributed by atoms with E-state index in [1.807, 2.05) is 110 Å². The zero-order valence-electron chi connectivity index (χ0n) is 32.4. The van der Waals surface area contributed by atoms with Crippen LogP contribution in [0.5, 0.6) is 0 Å². The highest BCUT2D eigenvalue weighted by atomic mass is 79.9. The summed E-state index contributed by atoms with van der Waals surface area (Å²) in [7, 11) is 0. The monoisotopic (exact) mass is 830 g/mol. The number of aromatic amines is 1. The third kappa shape index (κ3) is 8.33. The van der Waals surface area contributed by atoms with Crippen molar-refractivity contribution in [1.82, 2.24) is 19.1 Å². The molecule has 8 rings (SSSR count). The summed E-state index contributed by atoms with van der Waals surface area (Å²) in [6.45, 7) is 8.67. The zero-order chi connectivity index (χ0) is 41.1. The van der Waals surface area contributed by atoms with Crippen LogP contribution in [0.4, 0.5) is 0 Å². The van der Waals surface area contributed by atoms with Gasteiger partial charge in [0.25, 0.3) is 0 Å². The molecule has 0 aliphatic rings. The zero-order valence-corrected chi connectivity index (χ0v) is 34.0. The van der Waals surface area contributed by atoms with Crippen molar-refractivity contribution < 1.29 is 9.59 Å². The number of aryl methyl sites for hydroxylation is 4. The van der Waals surface area contributed by atoms with Gasteiger partial charge in [-0.1, -0.05) is 60.7 Å². The van der Waals surface area contributed by atoms with Crippen molar-refractivity contribution in [3.63, 3.8) is 0 Å². The predicted molar refractivity (Wildman–Crippen MR) is 232 cm³/mol. The van der Waals surface area contributed by atoms with Gasteiger partial charge < -0.3 is 14.1 Å². The van der Waals surface area contributed by atoms with Gasteiger partial charge in [0.05, 0.1) is 40.9 Å². The number of H-pyrrole nitrogens is 1. The average molecular weight is 832 g/mol. The Labute approximate surface area is 342 Å². The van der Waals surface area contributed by atoms with E-state index in [2.05, 4.69) is 25.9 Å². The van der Waals surface area contributed by atoms with E-state index in [9.17, 15) is 24.0 Å². The number of fused-ring (bicyclic) bond motifs is 2. The molecule has 288 valence electrons. The molecule has 0 bridgehead atoms. The molecule has 4 aromatic heterocycles. The van der Waals surface area contributed by atoms with Crippen LogP contribution in [-0.2, 0) is 13.1 Å². The summed E-state index contributed by atoms with van der Waals surface area (Å²) in [5.74, 6) is -0.570. The van der Waals surface area contributed by atoms with Crippen molar-refractivity contribution in [3.05, 3.63) is 225 Å². The normalized spacial score (nSPS) is 11.0. The molecule has 4 heterocycles. The number of nitrogens with one attached hydrogen (secondary N) is 1. The van der Waals surface area contributed by atoms with Gasteiger partial charge >= 0.3 is 0 Å². The van der Waals surface area contributed by atoms with Crippen molar-refractivity contribution in [2.45, 2.75) is 40.8 Å². The Morgan fingerprint density at radius 3 is 1.57 bits per heavy atom. The van der Waals surface area contributed by atoms with Crippen LogP contribution in [0.1, 0.15) is 65.5 Å². The van der Waals surface area contributed by atoms with E-state index >= 15 is 0 Å². The minimum atomic E-state index is -0.306. The van der Waals surface area contributed by atoms with Crippen LogP contribution in [0.2, 0.25) is 0 Å². The lowest BCUT2D eigenvalue weighted by Gasteiger charge is -2.13. The fourth-order valence-electron chi connectivity index (χ4n) is 6.83. The highest BCUT2D eigenvalue weighted by Crippen LogP contribution is 2.20. The highest BCUT2D eigenvalue weighted by Gasteiger charge is 2.19. The number of hydrogen-bond donors (Lipinski definition) is 1. The number of carbonyl (C=O) groups is 2. The van der Waals surface area contributed by atoms with E-state index < -0.39 is 0 Å². The number of nitrogens with zero attached hydrogens (tertiary/aromatic N) is 3. The Hall–Kier alpha value is -6.78. The second-order valence-corrected chi connectivity index (χ2v) is 15.1. The van der Waals surface area contributed by atoms with Gasteiger partial charge in [-0.3, -0.25) is 24.0 Å². The van der Waals surface area contributed by atoms with Gasteiger partial charge in [-0.25, -0.2) is 4.98 Å². The maximum absolute atomic E-state index is 13.2. The van der Waals surface area contributed by atoms with E-state index in [4.69, 9.17) is 0 Å². The van der Waals surface area contributed by atoms with E-state index in [1.54, 1.807) is 54.9 Å². The molecule has 1 N–H and O–H groups in total. The number of para-hydroxylation sites is 2. The molecule has 8 aromatic rings. The van der Waals surface area contributed by atoms with Gasteiger partial charge in [-0.15, -0.1) is 0 Å². The molecule has 0 unspecified atom stereocenters. The molecule has 58 heavy (non-hydrogen) atoms. The molecule has 4 aromatic carbocycles. The lowest BCUT2D eigenvalue weighted by atomic mass is 9.99. The van der Waals surface area contributed by atoms with Gasteiger partial charge in [-0.05, 0) is 120 Å². The molecular formula is C48H39BrN4O5. The van der Waals surface area contributed by atoms with Crippen molar-refractivity contribution >= 4 is 49.3 Å². The molecule has 0 saturated heterocycles. The number of carbonyl (C=O) groups excluding carboxylic acids is 2. The van der Waals surface area contributed by atoms with Gasteiger partial charge in [0.2, 0.25) is 16.4 Å². The Bertz CT molecular complexity index is 3090. The second-order valence-electron chi connectivity index (χ2n) is 14.3. The van der Waals surface area contributed by atoms with Crippen LogP contribution in [0, 0.1) is 27.7 Å². The maximum atomic E-state index is 13.2. The first-order chi connectivity index (χ1) is 27.9. The largest absolute Gasteiger partial charge is 0.341 e. The number of benzene rings is 4. The number of halogens is 1. The molecule has 0 fully saturated rings. The van der Waals surface area contributed by atoms with Crippen LogP contribution in [-0.4, -0.2) is 30.7 Å².